The summed E-state index contributed by atoms with van der Waals surface area (Å²) in [7, 11) is 0. The highest BCUT2D eigenvalue weighted by Crippen LogP contribution is 2.36. The average Bonchev–Trinajstić information content (AvgIpc) is 2.93. The summed E-state index contributed by atoms with van der Waals surface area (Å²) in [4.78, 5) is 10.1. The second-order valence-corrected chi connectivity index (χ2v) is 9.32. The van der Waals surface area contributed by atoms with Crippen molar-refractivity contribution in [2.75, 3.05) is 0 Å². The predicted octanol–water partition coefficient (Wildman–Crippen LogP) is 9.06. The number of hydrogen-bond donors (Lipinski definition) is 0. The van der Waals surface area contributed by atoms with Crippen molar-refractivity contribution in [3.05, 3.63) is 132 Å². The maximum atomic E-state index is 5.06. The lowest BCUT2D eigenvalue weighted by molar-refractivity contribution is 1.19. The monoisotopic (exact) mass is 512 g/mol. The van der Waals surface area contributed by atoms with Crippen LogP contribution in [-0.4, -0.2) is 9.97 Å². The number of rotatable bonds is 4. The summed E-state index contributed by atoms with van der Waals surface area (Å²) >= 11 is 3.54. The quantitative estimate of drug-likeness (QED) is 0.235. The third-order valence-corrected chi connectivity index (χ3v) is 6.71. The van der Waals surface area contributed by atoms with Gasteiger partial charge in [-0.05, 0) is 46.2 Å². The number of hydrogen-bond acceptors (Lipinski definition) is 2. The molecule has 0 fully saturated rings. The van der Waals surface area contributed by atoms with Gasteiger partial charge in [-0.3, -0.25) is 0 Å². The topological polar surface area (TPSA) is 25.8 Å². The van der Waals surface area contributed by atoms with Crippen LogP contribution in [0.2, 0.25) is 0 Å². The summed E-state index contributed by atoms with van der Waals surface area (Å²) in [6.07, 6.45) is 0. The first kappa shape index (κ1) is 21.5. The summed E-state index contributed by atoms with van der Waals surface area (Å²) in [6, 6.07) is 44.0. The normalized spacial score (nSPS) is 11.0. The lowest BCUT2D eigenvalue weighted by Crippen LogP contribution is -1.97. The molecule has 1 aromatic heterocycles. The third-order valence-electron chi connectivity index (χ3n) is 6.19. The van der Waals surface area contributed by atoms with Gasteiger partial charge in [0.15, 0.2) is 5.82 Å². The highest BCUT2D eigenvalue weighted by Gasteiger charge is 2.14. The Morgan fingerprint density at radius 1 is 0.429 bits per heavy atom. The lowest BCUT2D eigenvalue weighted by atomic mass is 9.94. The van der Waals surface area contributed by atoms with E-state index in [2.05, 4.69) is 107 Å². The second kappa shape index (κ2) is 9.28. The maximum absolute atomic E-state index is 5.06. The molecular weight excluding hydrogens is 492 g/mol. The second-order valence-electron chi connectivity index (χ2n) is 8.41. The summed E-state index contributed by atoms with van der Waals surface area (Å²) in [6.45, 7) is 0. The molecule has 0 amide bonds. The van der Waals surface area contributed by atoms with E-state index in [1.807, 2.05) is 36.4 Å². The van der Waals surface area contributed by atoms with E-state index in [9.17, 15) is 0 Å². The fourth-order valence-corrected chi connectivity index (χ4v) is 4.72. The highest BCUT2D eigenvalue weighted by molar-refractivity contribution is 9.10. The zero-order valence-corrected chi connectivity index (χ0v) is 20.5. The Kier molecular flexibility index (Phi) is 5.69. The van der Waals surface area contributed by atoms with Crippen LogP contribution < -0.4 is 0 Å². The molecule has 6 aromatic rings. The van der Waals surface area contributed by atoms with Gasteiger partial charge in [0.25, 0.3) is 0 Å². The van der Waals surface area contributed by atoms with Crippen LogP contribution in [0.1, 0.15) is 0 Å². The van der Waals surface area contributed by atoms with Crippen molar-refractivity contribution in [1.82, 2.24) is 9.97 Å². The van der Waals surface area contributed by atoms with E-state index >= 15 is 0 Å². The molecule has 0 N–H and O–H groups in total. The fraction of sp³-hybridized carbons (Fsp3) is 0. The van der Waals surface area contributed by atoms with E-state index in [-0.39, 0.29) is 0 Å². The maximum Gasteiger partial charge on any atom is 0.161 e. The van der Waals surface area contributed by atoms with E-state index in [0.717, 1.165) is 43.8 Å². The predicted molar refractivity (Wildman–Crippen MR) is 149 cm³/mol. The molecule has 0 unspecified atom stereocenters. The van der Waals surface area contributed by atoms with Crippen molar-refractivity contribution in [3.8, 4) is 45.0 Å². The average molecular weight is 513 g/mol. The lowest BCUT2D eigenvalue weighted by Gasteiger charge is -2.13. The zero-order valence-electron chi connectivity index (χ0n) is 18.9. The van der Waals surface area contributed by atoms with Crippen LogP contribution >= 0.6 is 15.9 Å². The summed E-state index contributed by atoms with van der Waals surface area (Å²) < 4.78 is 1.04. The number of fused-ring (bicyclic) bond motifs is 1. The van der Waals surface area contributed by atoms with Gasteiger partial charge < -0.3 is 0 Å². The van der Waals surface area contributed by atoms with E-state index in [1.165, 1.54) is 16.5 Å². The first-order valence-electron chi connectivity index (χ1n) is 11.5. The smallest absolute Gasteiger partial charge is 0.161 e. The molecule has 0 spiro atoms. The molecule has 0 aliphatic carbocycles. The molecule has 6 rings (SSSR count). The Balaban J connectivity index is 1.59. The minimum absolute atomic E-state index is 0.722. The SMILES string of the molecule is Brc1ccc(-c2cc(-c3ccccc3)nc(-c3ccc(-c4ccccc4)c4ccccc34)n2)cc1. The molecule has 5 aromatic carbocycles. The Labute approximate surface area is 213 Å². The summed E-state index contributed by atoms with van der Waals surface area (Å²) in [5.41, 5.74) is 7.36. The molecule has 2 nitrogen and oxygen atoms in total. The van der Waals surface area contributed by atoms with Crippen LogP contribution in [0.15, 0.2) is 132 Å². The molecule has 1 heterocycles. The Hall–Kier alpha value is -4.08. The van der Waals surface area contributed by atoms with Crippen LogP contribution in [0.3, 0.4) is 0 Å². The minimum Gasteiger partial charge on any atom is -0.228 e. The van der Waals surface area contributed by atoms with Crippen molar-refractivity contribution >= 4 is 26.7 Å². The van der Waals surface area contributed by atoms with Crippen LogP contribution in [0.25, 0.3) is 55.8 Å². The minimum atomic E-state index is 0.722. The third kappa shape index (κ3) is 4.27. The molecule has 0 radical (unpaired) electrons. The first-order valence-corrected chi connectivity index (χ1v) is 12.3. The van der Waals surface area contributed by atoms with Crippen LogP contribution in [0.5, 0.6) is 0 Å². The van der Waals surface area contributed by atoms with Gasteiger partial charge in [-0.1, -0.05) is 119 Å². The van der Waals surface area contributed by atoms with Gasteiger partial charge in [0, 0.05) is 21.2 Å². The largest absolute Gasteiger partial charge is 0.228 e. The Morgan fingerprint density at radius 3 is 1.54 bits per heavy atom. The van der Waals surface area contributed by atoms with Crippen molar-refractivity contribution in [1.29, 1.82) is 0 Å². The van der Waals surface area contributed by atoms with Gasteiger partial charge in [0.2, 0.25) is 0 Å². The molecular formula is C32H21BrN2. The van der Waals surface area contributed by atoms with E-state index < -0.39 is 0 Å². The fourth-order valence-electron chi connectivity index (χ4n) is 4.46. The number of nitrogens with zero attached hydrogens (tertiary/aromatic N) is 2. The van der Waals surface area contributed by atoms with Crippen molar-refractivity contribution in [2.24, 2.45) is 0 Å². The van der Waals surface area contributed by atoms with Gasteiger partial charge in [-0.15, -0.1) is 0 Å². The Bertz CT molecular complexity index is 1630. The molecule has 0 aliphatic rings. The standard InChI is InChI=1S/C32H21BrN2/c33-25-17-15-24(16-18-25)31-21-30(23-11-5-2-6-12-23)34-32(35-31)29-20-19-26(22-9-3-1-4-10-22)27-13-7-8-14-28(27)29/h1-21H. The number of aromatic nitrogens is 2. The van der Waals surface area contributed by atoms with Crippen molar-refractivity contribution in [2.45, 2.75) is 0 Å². The molecule has 0 bridgehead atoms. The molecule has 0 saturated heterocycles. The van der Waals surface area contributed by atoms with Crippen LogP contribution in [0.4, 0.5) is 0 Å². The molecule has 166 valence electrons. The van der Waals surface area contributed by atoms with Gasteiger partial charge in [-0.2, -0.15) is 0 Å². The van der Waals surface area contributed by atoms with Gasteiger partial charge >= 0.3 is 0 Å². The van der Waals surface area contributed by atoms with Crippen molar-refractivity contribution < 1.29 is 0 Å². The molecule has 0 saturated carbocycles. The van der Waals surface area contributed by atoms with Crippen LogP contribution in [0, 0.1) is 0 Å². The first-order chi connectivity index (χ1) is 17.3. The molecule has 3 heteroatoms. The van der Waals surface area contributed by atoms with E-state index in [1.54, 1.807) is 0 Å². The van der Waals surface area contributed by atoms with Gasteiger partial charge in [0.05, 0.1) is 11.4 Å². The van der Waals surface area contributed by atoms with E-state index in [0.29, 0.717) is 0 Å². The zero-order chi connectivity index (χ0) is 23.6. The number of benzene rings is 5. The molecule has 0 aliphatic heterocycles. The Morgan fingerprint density at radius 2 is 0.914 bits per heavy atom. The van der Waals surface area contributed by atoms with Crippen molar-refractivity contribution in [3.63, 3.8) is 0 Å². The van der Waals surface area contributed by atoms with Gasteiger partial charge in [0.1, 0.15) is 0 Å². The van der Waals surface area contributed by atoms with Crippen LogP contribution in [-0.2, 0) is 0 Å². The molecule has 0 atom stereocenters. The highest BCUT2D eigenvalue weighted by atomic mass is 79.9. The summed E-state index contributed by atoms with van der Waals surface area (Å²) in [5, 5.41) is 2.33. The van der Waals surface area contributed by atoms with Gasteiger partial charge in [-0.25, -0.2) is 9.97 Å². The molecule has 35 heavy (non-hydrogen) atoms. The summed E-state index contributed by atoms with van der Waals surface area (Å²) in [5.74, 6) is 0.722. The number of halogens is 1. The van der Waals surface area contributed by atoms with E-state index in [4.69, 9.17) is 9.97 Å².